The van der Waals surface area contributed by atoms with Gasteiger partial charge in [-0.15, -0.1) is 0 Å². The highest BCUT2D eigenvalue weighted by molar-refractivity contribution is 5.93. The first kappa shape index (κ1) is 44.3. The summed E-state index contributed by atoms with van der Waals surface area (Å²) in [7, 11) is 3.14. The van der Waals surface area contributed by atoms with Crippen LogP contribution in [0.3, 0.4) is 0 Å². The van der Waals surface area contributed by atoms with Crippen molar-refractivity contribution in [3.05, 3.63) is 127 Å². The monoisotopic (exact) mass is 870 g/mol. The number of fused-ring (bicyclic) bond motifs is 2. The lowest BCUT2D eigenvalue weighted by atomic mass is 10.1. The normalized spacial score (nSPS) is 14.8. The molecule has 2 saturated heterocycles. The van der Waals surface area contributed by atoms with Crippen molar-refractivity contribution in [2.45, 2.75) is 33.4 Å². The van der Waals surface area contributed by atoms with Crippen molar-refractivity contribution in [3.8, 4) is 0 Å². The lowest BCUT2D eigenvalue weighted by Crippen LogP contribution is -2.46. The average molecular weight is 871 g/mol. The maximum Gasteiger partial charge on any atom is 0.285 e. The summed E-state index contributed by atoms with van der Waals surface area (Å²) in [5.41, 5.74) is 3.13. The van der Waals surface area contributed by atoms with E-state index in [1.165, 1.54) is 12.1 Å². The van der Waals surface area contributed by atoms with Gasteiger partial charge >= 0.3 is 0 Å². The Hall–Kier alpha value is -6.80. The standard InChI is InChI=1S/C22H23F3N6O2.C21H23FN6O2/c1-12-16(6-5-15(27-12)21(32)26-2)31-9-7-30(8-10-31)11-13-3-4-14-18(17(13)23)29-22(33)19(28-14)20(24)25;1-13-17(6-5-16(25-13)21(30)23-2)28-9-7-27(8-10-28)12-14-3-4-15-20(19(14)22)26-18(29)11-24-15/h3-6,20H,7-11H2,1-2H3,(H,26,32)(H,29,33);3-6,11H,7-10,12H2,1-2H3,(H,23,30)(H,26,29). The number of H-pyrrole nitrogens is 2. The number of hydrogen-bond donors (Lipinski definition) is 4. The van der Waals surface area contributed by atoms with Gasteiger partial charge in [0, 0.05) is 90.7 Å². The zero-order valence-corrected chi connectivity index (χ0v) is 35.1. The number of nitrogens with zero attached hydrogens (tertiary/aromatic N) is 8. The summed E-state index contributed by atoms with van der Waals surface area (Å²) in [5, 5.41) is 5.13. The van der Waals surface area contributed by atoms with Crippen molar-refractivity contribution in [3.63, 3.8) is 0 Å². The van der Waals surface area contributed by atoms with E-state index in [0.29, 0.717) is 67.3 Å². The first-order valence-electron chi connectivity index (χ1n) is 20.2. The van der Waals surface area contributed by atoms with Crippen LogP contribution in [0.15, 0.2) is 64.3 Å². The van der Waals surface area contributed by atoms with Crippen LogP contribution in [0.25, 0.3) is 22.1 Å². The number of aromatic amines is 2. The quantitative estimate of drug-likeness (QED) is 0.154. The zero-order chi connectivity index (χ0) is 44.9. The fraction of sp³-hybridized carbons (Fsp3) is 0.349. The van der Waals surface area contributed by atoms with E-state index in [1.807, 2.05) is 26.0 Å². The van der Waals surface area contributed by atoms with Gasteiger partial charge in [0.05, 0.1) is 40.0 Å². The smallest absolute Gasteiger partial charge is 0.285 e. The summed E-state index contributed by atoms with van der Waals surface area (Å²) in [6.45, 7) is 10.3. The van der Waals surface area contributed by atoms with Crippen LogP contribution in [0.1, 0.15) is 55.6 Å². The highest BCUT2D eigenvalue weighted by Gasteiger charge is 2.24. The Morgan fingerprint density at radius 3 is 1.56 bits per heavy atom. The molecule has 0 atom stereocenters. The van der Waals surface area contributed by atoms with Gasteiger partial charge in [0.1, 0.15) is 22.4 Å². The number of benzene rings is 2. The zero-order valence-electron chi connectivity index (χ0n) is 35.1. The molecule has 0 bridgehead atoms. The van der Waals surface area contributed by atoms with Gasteiger partial charge in [0.25, 0.3) is 29.4 Å². The SMILES string of the molecule is CNC(=O)c1ccc(N2CCN(Cc3ccc4nc(C(F)F)c(=O)[nH]c4c3F)CC2)c(C)n1.CNC(=O)c1ccc(N2CCN(Cc3ccc4ncc(=O)[nH]c4c3F)CC2)c(C)n1. The number of aryl methyl sites for hydroxylation is 2. The van der Waals surface area contributed by atoms with Crippen molar-refractivity contribution in [1.82, 2.24) is 50.3 Å². The number of carbonyl (C=O) groups excluding carboxylic acids is 2. The van der Waals surface area contributed by atoms with Crippen LogP contribution in [0, 0.1) is 25.5 Å². The summed E-state index contributed by atoms with van der Waals surface area (Å²) < 4.78 is 55.6. The largest absolute Gasteiger partial charge is 0.368 e. The van der Waals surface area contributed by atoms with E-state index >= 15 is 0 Å². The van der Waals surface area contributed by atoms with Gasteiger partial charge in [-0.2, -0.15) is 0 Å². The number of rotatable bonds is 9. The number of carbonyl (C=O) groups is 2. The fourth-order valence-electron chi connectivity index (χ4n) is 7.75. The van der Waals surface area contributed by atoms with Crippen LogP contribution in [0.5, 0.6) is 0 Å². The number of aromatic nitrogens is 6. The molecule has 6 aromatic rings. The first-order chi connectivity index (χ1) is 30.2. The highest BCUT2D eigenvalue weighted by atomic mass is 19.3. The topological polar surface area (TPSA) is 188 Å². The number of anilines is 2. The molecule has 0 saturated carbocycles. The molecule has 0 unspecified atom stereocenters. The number of amides is 2. The summed E-state index contributed by atoms with van der Waals surface area (Å²) in [4.78, 5) is 76.5. The van der Waals surface area contributed by atoms with E-state index in [2.05, 4.69) is 60.1 Å². The average Bonchev–Trinajstić information content (AvgIpc) is 3.28. The minimum absolute atomic E-state index is 0.0147. The van der Waals surface area contributed by atoms with E-state index in [4.69, 9.17) is 0 Å². The Balaban J connectivity index is 0.000000190. The molecule has 330 valence electrons. The second-order valence-corrected chi connectivity index (χ2v) is 15.2. The molecular weight excluding hydrogens is 825 g/mol. The number of hydrogen-bond acceptors (Lipinski definition) is 12. The number of piperazine rings is 2. The second kappa shape index (κ2) is 19.1. The number of halogens is 4. The maximum atomic E-state index is 15.0. The molecule has 20 heteroatoms. The van der Waals surface area contributed by atoms with Crippen LogP contribution in [-0.4, -0.2) is 118 Å². The van der Waals surface area contributed by atoms with E-state index in [0.717, 1.165) is 55.1 Å². The second-order valence-electron chi connectivity index (χ2n) is 15.2. The molecule has 0 aliphatic carbocycles. The fourth-order valence-corrected chi connectivity index (χ4v) is 7.75. The van der Waals surface area contributed by atoms with E-state index in [9.17, 15) is 36.7 Å². The maximum absolute atomic E-state index is 15.0. The molecule has 63 heavy (non-hydrogen) atoms. The Bertz CT molecular complexity index is 2790. The third kappa shape index (κ3) is 9.81. The first-order valence-corrected chi connectivity index (χ1v) is 20.2. The molecule has 0 spiro atoms. The lowest BCUT2D eigenvalue weighted by molar-refractivity contribution is 0.0950. The molecular formula is C43H46F4N12O4. The summed E-state index contributed by atoms with van der Waals surface area (Å²) in [6.07, 6.45) is -1.88. The Morgan fingerprint density at radius 2 is 1.11 bits per heavy atom. The molecule has 0 radical (unpaired) electrons. The predicted octanol–water partition coefficient (Wildman–Crippen LogP) is 3.83. The molecule has 2 aliphatic heterocycles. The minimum atomic E-state index is -3.03. The number of pyridine rings is 2. The van der Waals surface area contributed by atoms with Crippen molar-refractivity contribution >= 4 is 45.3 Å². The molecule has 4 aromatic heterocycles. The molecule has 2 fully saturated rings. The Labute approximate surface area is 358 Å². The Kier molecular flexibility index (Phi) is 13.4. The van der Waals surface area contributed by atoms with Gasteiger partial charge in [-0.3, -0.25) is 29.0 Å². The van der Waals surface area contributed by atoms with Crippen LogP contribution in [0.2, 0.25) is 0 Å². The van der Waals surface area contributed by atoms with Crippen LogP contribution < -0.4 is 31.6 Å². The van der Waals surface area contributed by atoms with Crippen molar-refractivity contribution < 1.29 is 27.2 Å². The summed E-state index contributed by atoms with van der Waals surface area (Å²) in [6, 6.07) is 13.6. The highest BCUT2D eigenvalue weighted by Crippen LogP contribution is 2.26. The van der Waals surface area contributed by atoms with E-state index in [-0.39, 0.29) is 28.4 Å². The van der Waals surface area contributed by atoms with Crippen molar-refractivity contribution in [2.24, 2.45) is 0 Å². The van der Waals surface area contributed by atoms with Crippen molar-refractivity contribution in [2.75, 3.05) is 76.3 Å². The Morgan fingerprint density at radius 1 is 0.651 bits per heavy atom. The van der Waals surface area contributed by atoms with Crippen LogP contribution in [-0.2, 0) is 13.1 Å². The predicted molar refractivity (Wildman–Crippen MR) is 229 cm³/mol. The molecule has 2 aliphatic rings. The van der Waals surface area contributed by atoms with Gasteiger partial charge in [-0.1, -0.05) is 12.1 Å². The molecule has 2 aromatic carbocycles. The van der Waals surface area contributed by atoms with Gasteiger partial charge in [0.15, 0.2) is 17.3 Å². The summed E-state index contributed by atoms with van der Waals surface area (Å²) in [5.74, 6) is -1.53. The van der Waals surface area contributed by atoms with Crippen LogP contribution in [0.4, 0.5) is 28.9 Å². The van der Waals surface area contributed by atoms with E-state index in [1.54, 1.807) is 38.4 Å². The van der Waals surface area contributed by atoms with Gasteiger partial charge < -0.3 is 30.4 Å². The van der Waals surface area contributed by atoms with Crippen molar-refractivity contribution in [1.29, 1.82) is 0 Å². The number of alkyl halides is 2. The van der Waals surface area contributed by atoms with E-state index < -0.39 is 34.9 Å². The molecule has 16 nitrogen and oxygen atoms in total. The third-order valence-corrected chi connectivity index (χ3v) is 11.1. The van der Waals surface area contributed by atoms with Gasteiger partial charge in [0.2, 0.25) is 0 Å². The molecule has 6 heterocycles. The molecule has 4 N–H and O–H groups in total. The lowest BCUT2D eigenvalue weighted by Gasteiger charge is -2.36. The van der Waals surface area contributed by atoms with Gasteiger partial charge in [-0.05, 0) is 50.2 Å². The minimum Gasteiger partial charge on any atom is -0.368 e. The number of nitrogens with one attached hydrogen (secondary N) is 4. The molecule has 2 amide bonds. The van der Waals surface area contributed by atoms with Gasteiger partial charge in [-0.25, -0.2) is 37.5 Å². The van der Waals surface area contributed by atoms with Crippen LogP contribution >= 0.6 is 0 Å². The third-order valence-electron chi connectivity index (χ3n) is 11.1. The summed E-state index contributed by atoms with van der Waals surface area (Å²) >= 11 is 0. The molecule has 8 rings (SSSR count).